The summed E-state index contributed by atoms with van der Waals surface area (Å²) in [5, 5.41) is 3.62. The molecular formula is C19H24FN. The zero-order valence-corrected chi connectivity index (χ0v) is 13.1. The maximum absolute atomic E-state index is 13.1. The number of nitrogens with one attached hydrogen (secondary N) is 1. The molecule has 0 saturated carbocycles. The second-order valence-electron chi connectivity index (χ2n) is 5.78. The first kappa shape index (κ1) is 15.7. The molecule has 0 heterocycles. The lowest BCUT2D eigenvalue weighted by Gasteiger charge is -2.24. The first-order valence-electron chi connectivity index (χ1n) is 7.67. The van der Waals surface area contributed by atoms with Crippen LogP contribution in [0.4, 0.5) is 4.39 Å². The van der Waals surface area contributed by atoms with E-state index in [4.69, 9.17) is 0 Å². The van der Waals surface area contributed by atoms with E-state index in [2.05, 4.69) is 50.4 Å². The van der Waals surface area contributed by atoms with Crippen LogP contribution in [-0.2, 0) is 13.0 Å². The minimum Gasteiger partial charge on any atom is -0.306 e. The molecule has 2 aromatic carbocycles. The smallest absolute Gasteiger partial charge is 0.123 e. The van der Waals surface area contributed by atoms with E-state index in [1.54, 1.807) is 0 Å². The van der Waals surface area contributed by atoms with Crippen LogP contribution in [0.5, 0.6) is 0 Å². The van der Waals surface area contributed by atoms with Crippen LogP contribution in [0.25, 0.3) is 0 Å². The molecule has 0 fully saturated rings. The van der Waals surface area contributed by atoms with E-state index in [-0.39, 0.29) is 11.9 Å². The van der Waals surface area contributed by atoms with Gasteiger partial charge in [0.15, 0.2) is 0 Å². The van der Waals surface area contributed by atoms with Crippen LogP contribution in [-0.4, -0.2) is 0 Å². The van der Waals surface area contributed by atoms with E-state index in [1.807, 2.05) is 12.1 Å². The summed E-state index contributed by atoms with van der Waals surface area (Å²) in [5.74, 6) is 0.266. The Kier molecular flexibility index (Phi) is 5.51. The van der Waals surface area contributed by atoms with Gasteiger partial charge in [-0.3, -0.25) is 0 Å². The summed E-state index contributed by atoms with van der Waals surface area (Å²) in [4.78, 5) is 0. The van der Waals surface area contributed by atoms with Crippen molar-refractivity contribution in [3.63, 3.8) is 0 Å². The number of rotatable bonds is 6. The second-order valence-corrected chi connectivity index (χ2v) is 5.78. The highest BCUT2D eigenvalue weighted by Gasteiger charge is 2.15. The van der Waals surface area contributed by atoms with Crippen LogP contribution in [0.15, 0.2) is 48.5 Å². The molecule has 0 radical (unpaired) electrons. The highest BCUT2D eigenvalue weighted by atomic mass is 19.1. The zero-order chi connectivity index (χ0) is 15.2. The van der Waals surface area contributed by atoms with Crippen molar-refractivity contribution in [2.45, 2.75) is 39.8 Å². The van der Waals surface area contributed by atoms with Gasteiger partial charge in [-0.1, -0.05) is 57.2 Å². The summed E-state index contributed by atoms with van der Waals surface area (Å²) in [7, 11) is 0. The molecule has 0 aliphatic heterocycles. The van der Waals surface area contributed by atoms with E-state index in [1.165, 1.54) is 23.3 Å². The lowest BCUT2D eigenvalue weighted by Crippen LogP contribution is -2.25. The van der Waals surface area contributed by atoms with Gasteiger partial charge < -0.3 is 5.32 Å². The molecule has 1 unspecified atom stereocenters. The van der Waals surface area contributed by atoms with Crippen molar-refractivity contribution < 1.29 is 4.39 Å². The molecule has 2 heteroatoms. The van der Waals surface area contributed by atoms with E-state index in [0.29, 0.717) is 5.92 Å². The lowest BCUT2D eigenvalue weighted by molar-refractivity contribution is 0.409. The van der Waals surface area contributed by atoms with Crippen LogP contribution in [0.1, 0.15) is 43.5 Å². The molecule has 0 amide bonds. The van der Waals surface area contributed by atoms with E-state index >= 15 is 0 Å². The SMILES string of the molecule is CCc1ccccc1CNC(c1ccc(F)cc1)C(C)C. The van der Waals surface area contributed by atoms with Crippen LogP contribution in [0.2, 0.25) is 0 Å². The normalized spacial score (nSPS) is 12.6. The van der Waals surface area contributed by atoms with Gasteiger partial charge in [0.05, 0.1) is 0 Å². The van der Waals surface area contributed by atoms with Crippen molar-refractivity contribution in [2.24, 2.45) is 5.92 Å². The van der Waals surface area contributed by atoms with Crippen molar-refractivity contribution in [3.05, 3.63) is 71.0 Å². The molecule has 0 aromatic heterocycles. The average Bonchev–Trinajstić information content (AvgIpc) is 2.49. The van der Waals surface area contributed by atoms with Crippen LogP contribution < -0.4 is 5.32 Å². The predicted octanol–water partition coefficient (Wildman–Crippen LogP) is 4.88. The van der Waals surface area contributed by atoms with E-state index in [0.717, 1.165) is 18.5 Å². The van der Waals surface area contributed by atoms with Crippen molar-refractivity contribution in [2.75, 3.05) is 0 Å². The van der Waals surface area contributed by atoms with E-state index < -0.39 is 0 Å². The number of benzene rings is 2. The zero-order valence-electron chi connectivity index (χ0n) is 13.1. The first-order chi connectivity index (χ1) is 10.1. The van der Waals surface area contributed by atoms with E-state index in [9.17, 15) is 4.39 Å². The molecule has 21 heavy (non-hydrogen) atoms. The van der Waals surface area contributed by atoms with Gasteiger partial charge >= 0.3 is 0 Å². The summed E-state index contributed by atoms with van der Waals surface area (Å²) in [6.45, 7) is 7.39. The Morgan fingerprint density at radius 2 is 1.57 bits per heavy atom. The molecule has 0 aliphatic rings. The van der Waals surface area contributed by atoms with Crippen molar-refractivity contribution in [1.82, 2.24) is 5.32 Å². The summed E-state index contributed by atoms with van der Waals surface area (Å²) < 4.78 is 13.1. The highest BCUT2D eigenvalue weighted by molar-refractivity contribution is 5.27. The van der Waals surface area contributed by atoms with Crippen molar-refractivity contribution in [1.29, 1.82) is 0 Å². The Morgan fingerprint density at radius 1 is 0.952 bits per heavy atom. The molecule has 0 aliphatic carbocycles. The summed E-state index contributed by atoms with van der Waals surface area (Å²) in [6, 6.07) is 15.6. The molecule has 1 atom stereocenters. The van der Waals surface area contributed by atoms with Gasteiger partial charge in [0.25, 0.3) is 0 Å². The van der Waals surface area contributed by atoms with Crippen molar-refractivity contribution >= 4 is 0 Å². The molecule has 2 rings (SSSR count). The van der Waals surface area contributed by atoms with Gasteiger partial charge in [-0.05, 0) is 41.2 Å². The number of halogens is 1. The third-order valence-electron chi connectivity index (χ3n) is 3.91. The third-order valence-corrected chi connectivity index (χ3v) is 3.91. The fourth-order valence-electron chi connectivity index (χ4n) is 2.70. The Morgan fingerprint density at radius 3 is 2.14 bits per heavy atom. The lowest BCUT2D eigenvalue weighted by atomic mass is 9.95. The maximum atomic E-state index is 13.1. The quantitative estimate of drug-likeness (QED) is 0.798. The van der Waals surface area contributed by atoms with Gasteiger partial charge in [0.1, 0.15) is 5.82 Å². The first-order valence-corrected chi connectivity index (χ1v) is 7.67. The summed E-state index contributed by atoms with van der Waals surface area (Å²) >= 11 is 0. The molecule has 112 valence electrons. The van der Waals surface area contributed by atoms with Crippen LogP contribution in [0.3, 0.4) is 0 Å². The summed E-state index contributed by atoms with van der Waals surface area (Å²) in [5.41, 5.74) is 3.86. The third kappa shape index (κ3) is 4.15. The second kappa shape index (κ2) is 7.37. The molecule has 0 spiro atoms. The Labute approximate surface area is 127 Å². The Bertz CT molecular complexity index is 560. The number of hydrogen-bond donors (Lipinski definition) is 1. The van der Waals surface area contributed by atoms with Gasteiger partial charge in [-0.2, -0.15) is 0 Å². The molecule has 1 nitrogen and oxygen atoms in total. The number of aryl methyl sites for hydroxylation is 1. The minimum absolute atomic E-state index is 0.183. The Hall–Kier alpha value is -1.67. The van der Waals surface area contributed by atoms with Gasteiger partial charge in [0, 0.05) is 12.6 Å². The molecule has 0 saturated heterocycles. The monoisotopic (exact) mass is 285 g/mol. The molecule has 2 aromatic rings. The minimum atomic E-state index is -0.183. The van der Waals surface area contributed by atoms with Gasteiger partial charge in [0.2, 0.25) is 0 Å². The van der Waals surface area contributed by atoms with Crippen LogP contribution >= 0.6 is 0 Å². The fraction of sp³-hybridized carbons (Fsp3) is 0.368. The number of hydrogen-bond acceptors (Lipinski definition) is 1. The average molecular weight is 285 g/mol. The highest BCUT2D eigenvalue weighted by Crippen LogP contribution is 2.23. The Balaban J connectivity index is 2.12. The van der Waals surface area contributed by atoms with Crippen LogP contribution in [0, 0.1) is 11.7 Å². The van der Waals surface area contributed by atoms with Gasteiger partial charge in [-0.15, -0.1) is 0 Å². The summed E-state index contributed by atoms with van der Waals surface area (Å²) in [6.07, 6.45) is 1.04. The molecular weight excluding hydrogens is 261 g/mol. The molecule has 1 N–H and O–H groups in total. The molecule has 0 bridgehead atoms. The fourth-order valence-corrected chi connectivity index (χ4v) is 2.70. The van der Waals surface area contributed by atoms with Crippen molar-refractivity contribution in [3.8, 4) is 0 Å². The standard InChI is InChI=1S/C19H24FN/c1-4-15-7-5-6-8-17(15)13-21-19(14(2)3)16-9-11-18(20)12-10-16/h5-12,14,19,21H,4,13H2,1-3H3. The maximum Gasteiger partial charge on any atom is 0.123 e. The topological polar surface area (TPSA) is 12.0 Å². The van der Waals surface area contributed by atoms with Gasteiger partial charge in [-0.25, -0.2) is 4.39 Å². The predicted molar refractivity (Wildman–Crippen MR) is 86.6 cm³/mol. The largest absolute Gasteiger partial charge is 0.306 e.